The maximum Gasteiger partial charge on any atom is 0.490 e. The second-order valence-electron chi connectivity index (χ2n) is 8.35. The molecule has 3 fully saturated rings. The molecule has 2 saturated carbocycles. The lowest BCUT2D eigenvalue weighted by Crippen LogP contribution is -2.50. The fourth-order valence-corrected chi connectivity index (χ4v) is 4.06. The molecule has 1 spiro atoms. The van der Waals surface area contributed by atoms with Gasteiger partial charge in [-0.2, -0.15) is 13.2 Å². The Hall–Kier alpha value is -2.28. The van der Waals surface area contributed by atoms with E-state index in [-0.39, 0.29) is 17.9 Å². The van der Waals surface area contributed by atoms with Crippen LogP contribution >= 0.6 is 0 Å². The number of carbonyl (C=O) groups is 2. The molecule has 3 N–H and O–H groups in total. The summed E-state index contributed by atoms with van der Waals surface area (Å²) in [5, 5.41) is 31.3. The van der Waals surface area contributed by atoms with Gasteiger partial charge in [-0.15, -0.1) is 5.10 Å². The highest BCUT2D eigenvalue weighted by Gasteiger charge is 2.55. The summed E-state index contributed by atoms with van der Waals surface area (Å²) in [7, 11) is 0. The van der Waals surface area contributed by atoms with Crippen LogP contribution in [0.25, 0.3) is 0 Å². The van der Waals surface area contributed by atoms with Crippen molar-refractivity contribution < 1.29 is 33.0 Å². The summed E-state index contributed by atoms with van der Waals surface area (Å²) in [4.78, 5) is 23.3. The monoisotopic (exact) mass is 434 g/mol. The van der Waals surface area contributed by atoms with E-state index in [0.717, 1.165) is 58.2 Å². The normalized spacial score (nSPS) is 24.3. The van der Waals surface area contributed by atoms with Crippen molar-refractivity contribution in [2.75, 3.05) is 19.6 Å². The minimum absolute atomic E-state index is 0.0228. The van der Waals surface area contributed by atoms with Gasteiger partial charge in [-0.3, -0.25) is 4.79 Å². The van der Waals surface area contributed by atoms with Crippen LogP contribution in [0.4, 0.5) is 13.2 Å². The maximum atomic E-state index is 12.0. The molecular formula is C17H25F3N6O4. The molecule has 1 atom stereocenters. The van der Waals surface area contributed by atoms with Crippen LogP contribution < -0.4 is 5.32 Å². The number of alkyl halides is 3. The minimum atomic E-state index is -5.08. The van der Waals surface area contributed by atoms with Crippen molar-refractivity contribution in [3.63, 3.8) is 0 Å². The molecule has 13 heteroatoms. The number of nitrogens with one attached hydrogen (secondary N) is 1. The van der Waals surface area contributed by atoms with Gasteiger partial charge in [-0.1, -0.05) is 0 Å². The summed E-state index contributed by atoms with van der Waals surface area (Å²) in [5.41, 5.74) is -0.136. The highest BCUT2D eigenvalue weighted by molar-refractivity contribution is 5.76. The maximum absolute atomic E-state index is 12.0. The lowest BCUT2D eigenvalue weighted by Gasteiger charge is -2.43. The first-order valence-electron chi connectivity index (χ1n) is 9.76. The molecule has 30 heavy (non-hydrogen) atoms. The Morgan fingerprint density at radius 3 is 2.30 bits per heavy atom. The van der Waals surface area contributed by atoms with Crippen molar-refractivity contribution in [1.29, 1.82) is 0 Å². The van der Waals surface area contributed by atoms with Gasteiger partial charge >= 0.3 is 12.1 Å². The first-order chi connectivity index (χ1) is 14.0. The number of amides is 1. The lowest BCUT2D eigenvalue weighted by molar-refractivity contribution is -0.192. The van der Waals surface area contributed by atoms with Gasteiger partial charge in [0.05, 0.1) is 5.60 Å². The number of nitrogens with zero attached hydrogens (tertiary/aromatic N) is 5. The molecule has 10 nitrogen and oxygen atoms in total. The molecule has 1 saturated heterocycles. The number of carboxylic acid groups (broad SMARTS) is 1. The van der Waals surface area contributed by atoms with E-state index in [0.29, 0.717) is 6.04 Å². The van der Waals surface area contributed by atoms with E-state index in [1.54, 1.807) is 0 Å². The number of aromatic nitrogens is 4. The lowest BCUT2D eigenvalue weighted by atomic mass is 9.79. The van der Waals surface area contributed by atoms with Crippen LogP contribution in [0.15, 0.2) is 6.33 Å². The summed E-state index contributed by atoms with van der Waals surface area (Å²) in [6, 6.07) is 0.292. The number of carboxylic acids is 1. The Labute approximate surface area is 170 Å². The zero-order chi connectivity index (χ0) is 22.0. The number of hydrogen-bond acceptors (Lipinski definition) is 7. The zero-order valence-corrected chi connectivity index (χ0v) is 16.3. The van der Waals surface area contributed by atoms with E-state index in [1.807, 2.05) is 0 Å². The molecule has 0 radical (unpaired) electrons. The fourth-order valence-electron chi connectivity index (χ4n) is 4.06. The number of β-amino-alcohol motifs (C(OH)–C–C–N with tert-alkyl or cyclic N) is 1. The number of aliphatic carboxylic acids is 1. The third kappa shape index (κ3) is 5.65. The number of carbonyl (C=O) groups excluding carboxylic acids is 1. The van der Waals surface area contributed by atoms with Crippen LogP contribution in [0.1, 0.15) is 38.5 Å². The average Bonchev–Trinajstić information content (AvgIpc) is 3.02. The van der Waals surface area contributed by atoms with Gasteiger partial charge in [-0.25, -0.2) is 9.48 Å². The van der Waals surface area contributed by atoms with E-state index >= 15 is 0 Å². The first-order valence-corrected chi connectivity index (χ1v) is 9.76. The van der Waals surface area contributed by atoms with Gasteiger partial charge in [-0.05, 0) is 67.5 Å². The molecule has 0 aromatic carbocycles. The van der Waals surface area contributed by atoms with Crippen molar-refractivity contribution in [1.82, 2.24) is 30.4 Å². The number of likely N-dealkylation sites (tertiary alicyclic amines) is 1. The third-order valence-corrected chi connectivity index (χ3v) is 6.12. The van der Waals surface area contributed by atoms with Crippen molar-refractivity contribution in [3.05, 3.63) is 6.33 Å². The molecule has 2 heterocycles. The Kier molecular flexibility index (Phi) is 6.32. The first kappa shape index (κ1) is 22.4. The predicted molar refractivity (Wildman–Crippen MR) is 95.0 cm³/mol. The molecule has 3 aliphatic rings. The van der Waals surface area contributed by atoms with Gasteiger partial charge in [0.25, 0.3) is 0 Å². The number of aliphatic hydroxyl groups is 1. The van der Waals surface area contributed by atoms with Gasteiger partial charge < -0.3 is 20.4 Å². The van der Waals surface area contributed by atoms with Crippen molar-refractivity contribution in [2.24, 2.45) is 5.41 Å². The number of rotatable bonds is 5. The average molecular weight is 434 g/mol. The molecule has 1 amide bonds. The SMILES string of the molecule is O=C(Cn1cnnn1)NC1CC12CCN(CC1(O)CCC1)CC2.O=C(O)C(F)(F)F. The second-order valence-corrected chi connectivity index (χ2v) is 8.35. The van der Waals surface area contributed by atoms with E-state index in [9.17, 15) is 23.1 Å². The van der Waals surface area contributed by atoms with Crippen LogP contribution in [0.5, 0.6) is 0 Å². The van der Waals surface area contributed by atoms with Crippen molar-refractivity contribution >= 4 is 11.9 Å². The third-order valence-electron chi connectivity index (χ3n) is 6.12. The molecule has 2 aliphatic carbocycles. The Balaban J connectivity index is 0.000000318. The van der Waals surface area contributed by atoms with Crippen LogP contribution in [0.3, 0.4) is 0 Å². The fraction of sp³-hybridized carbons (Fsp3) is 0.824. The molecule has 168 valence electrons. The van der Waals surface area contributed by atoms with Gasteiger partial charge in [0.1, 0.15) is 12.9 Å². The Bertz CT molecular complexity index is 745. The number of hydrogen-bond donors (Lipinski definition) is 3. The zero-order valence-electron chi connectivity index (χ0n) is 16.3. The van der Waals surface area contributed by atoms with Crippen LogP contribution in [-0.2, 0) is 16.1 Å². The van der Waals surface area contributed by atoms with E-state index < -0.39 is 17.7 Å². The highest BCUT2D eigenvalue weighted by Crippen LogP contribution is 2.54. The molecule has 1 aliphatic heterocycles. The smallest absolute Gasteiger partial charge is 0.475 e. The molecule has 0 bridgehead atoms. The van der Waals surface area contributed by atoms with E-state index in [1.165, 1.54) is 11.0 Å². The summed E-state index contributed by atoms with van der Waals surface area (Å²) >= 11 is 0. The summed E-state index contributed by atoms with van der Waals surface area (Å²) in [5.74, 6) is -2.78. The summed E-state index contributed by atoms with van der Waals surface area (Å²) in [6.07, 6.45) is 2.72. The number of tetrazole rings is 1. The molecule has 4 rings (SSSR count). The van der Waals surface area contributed by atoms with Crippen LogP contribution in [0.2, 0.25) is 0 Å². The second kappa shape index (κ2) is 8.46. The quantitative estimate of drug-likeness (QED) is 0.598. The summed E-state index contributed by atoms with van der Waals surface area (Å²) < 4.78 is 33.2. The Morgan fingerprint density at radius 1 is 1.20 bits per heavy atom. The van der Waals surface area contributed by atoms with Crippen LogP contribution in [0, 0.1) is 5.41 Å². The van der Waals surface area contributed by atoms with E-state index in [4.69, 9.17) is 9.90 Å². The standard InChI is InChI=1S/C15H24N6O2.C2HF3O2/c22-13(9-21-11-16-18-19-21)17-12-8-14(12)4-6-20(7-5-14)10-15(23)2-1-3-15;3-2(4,5)1(6)7/h11-12,23H,1-10H2,(H,17,22);(H,6,7). The van der Waals surface area contributed by atoms with Crippen LogP contribution in [-0.4, -0.2) is 84.7 Å². The van der Waals surface area contributed by atoms with Gasteiger partial charge in [0.15, 0.2) is 0 Å². The van der Waals surface area contributed by atoms with E-state index in [2.05, 4.69) is 25.7 Å². The van der Waals surface area contributed by atoms with Crippen molar-refractivity contribution in [2.45, 2.75) is 62.9 Å². The van der Waals surface area contributed by atoms with Gasteiger partial charge in [0.2, 0.25) is 5.91 Å². The molecule has 1 unspecified atom stereocenters. The topological polar surface area (TPSA) is 133 Å². The number of halogens is 3. The molecular weight excluding hydrogens is 409 g/mol. The highest BCUT2D eigenvalue weighted by atomic mass is 19.4. The minimum Gasteiger partial charge on any atom is -0.475 e. The summed E-state index contributed by atoms with van der Waals surface area (Å²) in [6.45, 7) is 3.06. The van der Waals surface area contributed by atoms with Crippen molar-refractivity contribution in [3.8, 4) is 0 Å². The largest absolute Gasteiger partial charge is 0.490 e. The molecule has 1 aromatic rings. The predicted octanol–water partition coefficient (Wildman–Crippen LogP) is 0.192. The Morgan fingerprint density at radius 2 is 1.83 bits per heavy atom. The van der Waals surface area contributed by atoms with Gasteiger partial charge in [0, 0.05) is 12.6 Å². The number of piperidine rings is 1. The molecule has 1 aromatic heterocycles.